The van der Waals surface area contributed by atoms with Crippen LogP contribution < -0.4 is 4.90 Å². The fourth-order valence-electron chi connectivity index (χ4n) is 1.62. The average Bonchev–Trinajstić information content (AvgIpc) is 2.96. The van der Waals surface area contributed by atoms with E-state index in [1.165, 1.54) is 17.3 Å². The standard InChI is InChI=1S/C11H14N4O2S2/c1-14(5-8-3-4-18-6-8)10-12-13-11(15(10)2)19-7-9(16)17/h3-4,6H,5,7H2,1-2H3,(H,16,17). The van der Waals surface area contributed by atoms with Crippen molar-refractivity contribution in [1.29, 1.82) is 0 Å². The van der Waals surface area contributed by atoms with Crippen LogP contribution in [0.1, 0.15) is 5.56 Å². The zero-order chi connectivity index (χ0) is 13.8. The molecule has 0 spiro atoms. The quantitative estimate of drug-likeness (QED) is 0.818. The lowest BCUT2D eigenvalue weighted by molar-refractivity contribution is -0.133. The second-order valence-electron chi connectivity index (χ2n) is 4.01. The van der Waals surface area contributed by atoms with E-state index in [0.717, 1.165) is 12.5 Å². The number of rotatable bonds is 6. The molecule has 102 valence electrons. The number of aliphatic carboxylic acids is 1. The highest BCUT2D eigenvalue weighted by molar-refractivity contribution is 7.99. The molecule has 19 heavy (non-hydrogen) atoms. The van der Waals surface area contributed by atoms with Gasteiger partial charge >= 0.3 is 5.97 Å². The first kappa shape index (κ1) is 13.9. The number of hydrogen-bond acceptors (Lipinski definition) is 6. The highest BCUT2D eigenvalue weighted by Gasteiger charge is 2.14. The summed E-state index contributed by atoms with van der Waals surface area (Å²) in [5.74, 6) is -0.152. The lowest BCUT2D eigenvalue weighted by Gasteiger charge is -2.16. The van der Waals surface area contributed by atoms with Gasteiger partial charge in [0, 0.05) is 20.6 Å². The van der Waals surface area contributed by atoms with Crippen molar-refractivity contribution < 1.29 is 9.90 Å². The predicted octanol–water partition coefficient (Wildman–Crippen LogP) is 1.69. The summed E-state index contributed by atoms with van der Waals surface area (Å²) in [5.41, 5.74) is 1.22. The van der Waals surface area contributed by atoms with Crippen LogP contribution in [0.3, 0.4) is 0 Å². The molecular formula is C11H14N4O2S2. The summed E-state index contributed by atoms with van der Waals surface area (Å²) >= 11 is 2.83. The lowest BCUT2D eigenvalue weighted by Crippen LogP contribution is -2.19. The Morgan fingerprint density at radius 1 is 1.58 bits per heavy atom. The number of thioether (sulfide) groups is 1. The molecule has 2 aromatic heterocycles. The van der Waals surface area contributed by atoms with Crippen LogP contribution in [0.25, 0.3) is 0 Å². The second kappa shape index (κ2) is 6.07. The molecule has 0 unspecified atom stereocenters. The molecule has 0 saturated heterocycles. The maximum Gasteiger partial charge on any atom is 0.313 e. The Morgan fingerprint density at radius 2 is 2.37 bits per heavy atom. The molecule has 0 amide bonds. The van der Waals surface area contributed by atoms with Crippen LogP contribution in [0, 0.1) is 0 Å². The number of carbonyl (C=O) groups is 1. The van der Waals surface area contributed by atoms with Crippen LogP contribution in [-0.2, 0) is 18.4 Å². The van der Waals surface area contributed by atoms with Gasteiger partial charge in [-0.15, -0.1) is 10.2 Å². The normalized spacial score (nSPS) is 10.6. The van der Waals surface area contributed by atoms with Gasteiger partial charge in [-0.3, -0.25) is 9.36 Å². The summed E-state index contributed by atoms with van der Waals surface area (Å²) < 4.78 is 1.81. The van der Waals surface area contributed by atoms with E-state index in [4.69, 9.17) is 5.11 Å². The minimum atomic E-state index is -0.860. The predicted molar refractivity (Wildman–Crippen MR) is 75.8 cm³/mol. The average molecular weight is 298 g/mol. The van der Waals surface area contributed by atoms with E-state index in [0.29, 0.717) is 5.16 Å². The number of hydrogen-bond donors (Lipinski definition) is 1. The van der Waals surface area contributed by atoms with E-state index in [9.17, 15) is 4.79 Å². The largest absolute Gasteiger partial charge is 0.481 e. The highest BCUT2D eigenvalue weighted by Crippen LogP contribution is 2.21. The Bertz CT molecular complexity index is 553. The molecule has 0 aliphatic heterocycles. The molecule has 2 aromatic rings. The van der Waals surface area contributed by atoms with Crippen molar-refractivity contribution in [2.75, 3.05) is 17.7 Å². The van der Waals surface area contributed by atoms with E-state index in [1.807, 2.05) is 24.4 Å². The van der Waals surface area contributed by atoms with Crippen LogP contribution in [-0.4, -0.2) is 38.6 Å². The third-order valence-corrected chi connectivity index (χ3v) is 4.21. The lowest BCUT2D eigenvalue weighted by atomic mass is 10.3. The number of nitrogens with zero attached hydrogens (tertiary/aromatic N) is 4. The molecule has 2 rings (SSSR count). The molecule has 0 atom stereocenters. The van der Waals surface area contributed by atoms with Crippen molar-refractivity contribution >= 4 is 35.0 Å². The maximum absolute atomic E-state index is 10.5. The van der Waals surface area contributed by atoms with Crippen LogP contribution in [0.5, 0.6) is 0 Å². The molecule has 1 N–H and O–H groups in total. The zero-order valence-electron chi connectivity index (χ0n) is 10.6. The third-order valence-electron chi connectivity index (χ3n) is 2.48. The molecule has 0 aliphatic rings. The zero-order valence-corrected chi connectivity index (χ0v) is 12.2. The van der Waals surface area contributed by atoms with E-state index < -0.39 is 5.97 Å². The monoisotopic (exact) mass is 298 g/mol. The number of thiophene rings is 1. The van der Waals surface area contributed by atoms with Gasteiger partial charge in [-0.2, -0.15) is 11.3 Å². The molecular weight excluding hydrogens is 284 g/mol. The van der Waals surface area contributed by atoms with Gasteiger partial charge in [-0.05, 0) is 22.4 Å². The van der Waals surface area contributed by atoms with Crippen LogP contribution in [0.2, 0.25) is 0 Å². The fourth-order valence-corrected chi connectivity index (χ4v) is 2.91. The van der Waals surface area contributed by atoms with Gasteiger partial charge in [0.1, 0.15) is 0 Å². The summed E-state index contributed by atoms with van der Waals surface area (Å²) in [5, 5.41) is 21.5. The van der Waals surface area contributed by atoms with Gasteiger partial charge in [0.15, 0.2) is 5.16 Å². The van der Waals surface area contributed by atoms with Gasteiger partial charge in [0.25, 0.3) is 0 Å². The first-order valence-electron chi connectivity index (χ1n) is 5.54. The Hall–Kier alpha value is -1.54. The van der Waals surface area contributed by atoms with Crippen molar-refractivity contribution in [2.45, 2.75) is 11.7 Å². The molecule has 6 nitrogen and oxygen atoms in total. The topological polar surface area (TPSA) is 71.2 Å². The number of carboxylic acids is 1. The van der Waals surface area contributed by atoms with E-state index in [-0.39, 0.29) is 5.75 Å². The summed E-state index contributed by atoms with van der Waals surface area (Å²) in [6, 6.07) is 2.07. The Morgan fingerprint density at radius 3 is 3.00 bits per heavy atom. The summed E-state index contributed by atoms with van der Waals surface area (Å²) in [7, 11) is 3.77. The van der Waals surface area contributed by atoms with Crippen molar-refractivity contribution in [2.24, 2.45) is 7.05 Å². The first-order chi connectivity index (χ1) is 9.08. The van der Waals surface area contributed by atoms with Gasteiger partial charge < -0.3 is 10.0 Å². The molecule has 0 saturated carbocycles. The Labute approximate surface area is 119 Å². The molecule has 0 fully saturated rings. The first-order valence-corrected chi connectivity index (χ1v) is 7.47. The third kappa shape index (κ3) is 3.48. The smallest absolute Gasteiger partial charge is 0.313 e. The van der Waals surface area contributed by atoms with E-state index in [1.54, 1.807) is 15.9 Å². The van der Waals surface area contributed by atoms with Gasteiger partial charge in [0.05, 0.1) is 5.75 Å². The number of carboxylic acid groups (broad SMARTS) is 1. The molecule has 8 heteroatoms. The van der Waals surface area contributed by atoms with Gasteiger partial charge in [-0.1, -0.05) is 11.8 Å². The minimum Gasteiger partial charge on any atom is -0.481 e. The van der Waals surface area contributed by atoms with E-state index >= 15 is 0 Å². The maximum atomic E-state index is 10.5. The molecule has 0 radical (unpaired) electrons. The molecule has 0 aliphatic carbocycles. The van der Waals surface area contributed by atoms with E-state index in [2.05, 4.69) is 21.6 Å². The van der Waals surface area contributed by atoms with Crippen molar-refractivity contribution in [3.8, 4) is 0 Å². The Kier molecular flexibility index (Phi) is 4.43. The second-order valence-corrected chi connectivity index (χ2v) is 5.73. The Balaban J connectivity index is 2.06. The van der Waals surface area contributed by atoms with Gasteiger partial charge in [0.2, 0.25) is 5.95 Å². The minimum absolute atomic E-state index is 0.0137. The molecule has 2 heterocycles. The summed E-state index contributed by atoms with van der Waals surface area (Å²) in [6.45, 7) is 0.749. The van der Waals surface area contributed by atoms with Crippen LogP contribution in [0.15, 0.2) is 22.0 Å². The van der Waals surface area contributed by atoms with Crippen molar-refractivity contribution in [3.63, 3.8) is 0 Å². The highest BCUT2D eigenvalue weighted by atomic mass is 32.2. The SMILES string of the molecule is CN(Cc1ccsc1)c1nnc(SCC(=O)O)n1C. The molecule has 0 bridgehead atoms. The number of anilines is 1. The van der Waals surface area contributed by atoms with Gasteiger partial charge in [-0.25, -0.2) is 0 Å². The van der Waals surface area contributed by atoms with Crippen molar-refractivity contribution in [3.05, 3.63) is 22.4 Å². The van der Waals surface area contributed by atoms with Crippen LogP contribution >= 0.6 is 23.1 Å². The van der Waals surface area contributed by atoms with Crippen LogP contribution in [0.4, 0.5) is 5.95 Å². The molecule has 0 aromatic carbocycles. The van der Waals surface area contributed by atoms with Crippen molar-refractivity contribution in [1.82, 2.24) is 14.8 Å². The fraction of sp³-hybridized carbons (Fsp3) is 0.364. The number of aromatic nitrogens is 3. The summed E-state index contributed by atoms with van der Waals surface area (Å²) in [4.78, 5) is 12.5. The summed E-state index contributed by atoms with van der Waals surface area (Å²) in [6.07, 6.45) is 0.